The van der Waals surface area contributed by atoms with Crippen LogP contribution in [0, 0.1) is 0 Å². The molecule has 9 heteroatoms. The SMILES string of the molecule is CCCC(C)c1ccc2nc(CC)c(N(C)c3nc(-c4ccc(C(F)(F)F)cc4)c(CO)s3)n2c1. The third kappa shape index (κ3) is 4.92. The Labute approximate surface area is 206 Å². The number of imidazole rings is 1. The van der Waals surface area contributed by atoms with E-state index in [0.717, 1.165) is 48.6 Å². The van der Waals surface area contributed by atoms with Crippen LogP contribution < -0.4 is 4.90 Å². The topological polar surface area (TPSA) is 53.7 Å². The Bertz CT molecular complexity index is 1310. The third-order valence-electron chi connectivity index (χ3n) is 6.23. The van der Waals surface area contributed by atoms with Crippen LogP contribution >= 0.6 is 11.3 Å². The molecule has 0 aliphatic carbocycles. The first kappa shape index (κ1) is 25.2. The number of aliphatic hydroxyl groups is 1. The number of aromatic nitrogens is 3. The number of fused-ring (bicyclic) bond motifs is 1. The molecule has 1 atom stereocenters. The van der Waals surface area contributed by atoms with Crippen LogP contribution in [0.25, 0.3) is 16.9 Å². The number of nitrogens with zero attached hydrogens (tertiary/aromatic N) is 4. The van der Waals surface area contributed by atoms with Crippen LogP contribution in [0.15, 0.2) is 42.6 Å². The summed E-state index contributed by atoms with van der Waals surface area (Å²) in [6.07, 6.45) is 0.649. The van der Waals surface area contributed by atoms with E-state index in [1.165, 1.54) is 29.0 Å². The van der Waals surface area contributed by atoms with Gasteiger partial charge in [-0.1, -0.05) is 56.7 Å². The molecular formula is C26H29F3N4OS. The van der Waals surface area contributed by atoms with Gasteiger partial charge in [-0.3, -0.25) is 4.40 Å². The average Bonchev–Trinajstić information content (AvgIpc) is 3.44. The number of halogens is 3. The highest BCUT2D eigenvalue weighted by molar-refractivity contribution is 7.16. The fraction of sp³-hybridized carbons (Fsp3) is 0.385. The number of aryl methyl sites for hydroxylation is 1. The van der Waals surface area contributed by atoms with Gasteiger partial charge in [-0.05, 0) is 42.5 Å². The lowest BCUT2D eigenvalue weighted by Gasteiger charge is -2.18. The number of aliphatic hydroxyl groups excluding tert-OH is 1. The van der Waals surface area contributed by atoms with Crippen LogP contribution in [-0.2, 0) is 19.2 Å². The first-order chi connectivity index (χ1) is 16.7. The predicted molar refractivity (Wildman–Crippen MR) is 134 cm³/mol. The number of hydrogen-bond acceptors (Lipinski definition) is 5. The van der Waals surface area contributed by atoms with Gasteiger partial charge in [-0.15, -0.1) is 0 Å². The molecule has 1 aromatic carbocycles. The molecule has 186 valence electrons. The lowest BCUT2D eigenvalue weighted by molar-refractivity contribution is -0.137. The molecule has 4 rings (SSSR count). The molecule has 0 amide bonds. The molecule has 0 aliphatic heterocycles. The summed E-state index contributed by atoms with van der Waals surface area (Å²) in [6, 6.07) is 9.03. The molecular weight excluding hydrogens is 473 g/mol. The van der Waals surface area contributed by atoms with Crippen LogP contribution in [0.1, 0.15) is 61.2 Å². The second-order valence-corrected chi connectivity index (χ2v) is 9.74. The normalized spacial score (nSPS) is 12.9. The van der Waals surface area contributed by atoms with E-state index >= 15 is 0 Å². The maximum atomic E-state index is 13.0. The lowest BCUT2D eigenvalue weighted by Crippen LogP contribution is -2.13. The largest absolute Gasteiger partial charge is 0.416 e. The van der Waals surface area contributed by atoms with Crippen molar-refractivity contribution in [2.75, 3.05) is 11.9 Å². The van der Waals surface area contributed by atoms with E-state index < -0.39 is 11.7 Å². The minimum atomic E-state index is -4.40. The fourth-order valence-electron chi connectivity index (χ4n) is 4.30. The number of pyridine rings is 1. The Morgan fingerprint density at radius 3 is 2.40 bits per heavy atom. The number of benzene rings is 1. The average molecular weight is 503 g/mol. The molecule has 0 spiro atoms. The molecule has 0 aliphatic rings. The van der Waals surface area contributed by atoms with E-state index in [1.807, 2.05) is 24.9 Å². The smallest absolute Gasteiger partial charge is 0.391 e. The second-order valence-electron chi connectivity index (χ2n) is 8.68. The summed E-state index contributed by atoms with van der Waals surface area (Å²) in [5.41, 5.74) is 3.29. The molecule has 0 bridgehead atoms. The molecule has 35 heavy (non-hydrogen) atoms. The summed E-state index contributed by atoms with van der Waals surface area (Å²) in [4.78, 5) is 12.1. The standard InChI is InChI=1S/C26H29F3N4OS/c1-5-7-16(3)18-10-13-22-30-20(6-2)24(33(22)14-18)32(4)25-31-23(21(15-34)35-25)17-8-11-19(12-9-17)26(27,28)29/h8-14,16,34H,5-7,15H2,1-4H3. The summed E-state index contributed by atoms with van der Waals surface area (Å²) < 4.78 is 41.0. The van der Waals surface area contributed by atoms with Gasteiger partial charge < -0.3 is 10.0 Å². The molecule has 0 saturated heterocycles. The van der Waals surface area contributed by atoms with Crippen LogP contribution in [-0.4, -0.2) is 26.5 Å². The highest BCUT2D eigenvalue weighted by Crippen LogP contribution is 2.38. The molecule has 0 fully saturated rings. The number of anilines is 2. The van der Waals surface area contributed by atoms with E-state index in [4.69, 9.17) is 9.97 Å². The van der Waals surface area contributed by atoms with Crippen molar-refractivity contribution < 1.29 is 18.3 Å². The number of rotatable bonds is 8. The molecule has 1 unspecified atom stereocenters. The molecule has 3 heterocycles. The van der Waals surface area contributed by atoms with Crippen molar-refractivity contribution in [3.05, 3.63) is 64.3 Å². The Morgan fingerprint density at radius 1 is 1.09 bits per heavy atom. The first-order valence-corrected chi connectivity index (χ1v) is 12.5. The predicted octanol–water partition coefficient (Wildman–Crippen LogP) is 7.20. The van der Waals surface area contributed by atoms with Gasteiger partial charge in [0.2, 0.25) is 0 Å². The number of alkyl halides is 3. The van der Waals surface area contributed by atoms with Crippen LogP contribution in [0.3, 0.4) is 0 Å². The van der Waals surface area contributed by atoms with Crippen LogP contribution in [0.2, 0.25) is 0 Å². The van der Waals surface area contributed by atoms with Gasteiger partial charge in [-0.25, -0.2) is 9.97 Å². The molecule has 0 radical (unpaired) electrons. The lowest BCUT2D eigenvalue weighted by atomic mass is 9.98. The zero-order valence-corrected chi connectivity index (χ0v) is 21.0. The van der Waals surface area contributed by atoms with Crippen molar-refractivity contribution in [1.82, 2.24) is 14.4 Å². The van der Waals surface area contributed by atoms with Gasteiger partial charge in [0.1, 0.15) is 11.5 Å². The Hall–Kier alpha value is -2.91. The maximum absolute atomic E-state index is 13.0. The van der Waals surface area contributed by atoms with Crippen molar-refractivity contribution in [2.24, 2.45) is 0 Å². The molecule has 0 saturated carbocycles. The highest BCUT2D eigenvalue weighted by atomic mass is 32.1. The molecule has 1 N–H and O–H groups in total. The first-order valence-electron chi connectivity index (χ1n) is 11.7. The van der Waals surface area contributed by atoms with Gasteiger partial charge in [0, 0.05) is 18.8 Å². The fourth-order valence-corrected chi connectivity index (χ4v) is 5.21. The number of thiazole rings is 1. The van der Waals surface area contributed by atoms with Gasteiger partial charge in [-0.2, -0.15) is 13.2 Å². The molecule has 5 nitrogen and oxygen atoms in total. The van der Waals surface area contributed by atoms with E-state index in [9.17, 15) is 18.3 Å². The van der Waals surface area contributed by atoms with Crippen molar-refractivity contribution >= 4 is 27.9 Å². The minimum Gasteiger partial charge on any atom is -0.391 e. The summed E-state index contributed by atoms with van der Waals surface area (Å²) in [5, 5.41) is 10.6. The van der Waals surface area contributed by atoms with Crippen LogP contribution in [0.4, 0.5) is 24.1 Å². The van der Waals surface area contributed by atoms with E-state index in [-0.39, 0.29) is 6.61 Å². The van der Waals surface area contributed by atoms with E-state index in [1.54, 1.807) is 0 Å². The van der Waals surface area contributed by atoms with Crippen LogP contribution in [0.5, 0.6) is 0 Å². The molecule has 3 aromatic heterocycles. The minimum absolute atomic E-state index is 0.256. The Morgan fingerprint density at radius 2 is 1.80 bits per heavy atom. The van der Waals surface area contributed by atoms with Crippen molar-refractivity contribution in [1.29, 1.82) is 0 Å². The van der Waals surface area contributed by atoms with Gasteiger partial charge in [0.15, 0.2) is 5.13 Å². The molecule has 4 aromatic rings. The van der Waals surface area contributed by atoms with Crippen molar-refractivity contribution in [3.8, 4) is 11.3 Å². The van der Waals surface area contributed by atoms with E-state index in [0.29, 0.717) is 27.2 Å². The second kappa shape index (κ2) is 9.99. The summed E-state index contributed by atoms with van der Waals surface area (Å²) >= 11 is 1.32. The zero-order valence-electron chi connectivity index (χ0n) is 20.2. The van der Waals surface area contributed by atoms with Gasteiger partial charge in [0.25, 0.3) is 0 Å². The summed E-state index contributed by atoms with van der Waals surface area (Å²) in [7, 11) is 1.90. The maximum Gasteiger partial charge on any atom is 0.416 e. The Kier molecular flexibility index (Phi) is 7.19. The summed E-state index contributed by atoms with van der Waals surface area (Å²) in [5.74, 6) is 1.31. The zero-order chi connectivity index (χ0) is 25.3. The van der Waals surface area contributed by atoms with E-state index in [2.05, 4.69) is 30.5 Å². The summed E-state index contributed by atoms with van der Waals surface area (Å²) in [6.45, 7) is 6.19. The number of hydrogen-bond donors (Lipinski definition) is 1. The third-order valence-corrected chi connectivity index (χ3v) is 7.35. The van der Waals surface area contributed by atoms with Crippen molar-refractivity contribution in [3.63, 3.8) is 0 Å². The van der Waals surface area contributed by atoms with Gasteiger partial charge in [0.05, 0.1) is 28.4 Å². The van der Waals surface area contributed by atoms with Crippen molar-refractivity contribution in [2.45, 2.75) is 58.7 Å². The monoisotopic (exact) mass is 502 g/mol. The quantitative estimate of drug-likeness (QED) is 0.277. The Balaban J connectivity index is 1.76. The van der Waals surface area contributed by atoms with Gasteiger partial charge >= 0.3 is 6.18 Å². The highest BCUT2D eigenvalue weighted by Gasteiger charge is 2.30.